The quantitative estimate of drug-likeness (QED) is 0.831. The van der Waals surface area contributed by atoms with Crippen molar-refractivity contribution in [1.82, 2.24) is 10.2 Å². The fourth-order valence-electron chi connectivity index (χ4n) is 2.40. The molecule has 1 heterocycles. The van der Waals surface area contributed by atoms with Crippen LogP contribution in [0.4, 0.5) is 4.79 Å². The van der Waals surface area contributed by atoms with Crippen molar-refractivity contribution in [2.45, 2.75) is 52.6 Å². The molecule has 1 N–H and O–H groups in total. The van der Waals surface area contributed by atoms with E-state index in [0.717, 1.165) is 19.4 Å². The molecule has 1 rings (SSSR count). The molecule has 2 atom stereocenters. The third-order valence-corrected chi connectivity index (χ3v) is 3.56. The third kappa shape index (κ3) is 4.11. The molecule has 5 heteroatoms. The molecule has 2 amide bonds. The molecular weight excluding hydrogens is 244 g/mol. The molecule has 0 saturated carbocycles. The Bertz CT molecular complexity index is 329. The number of rotatable bonds is 5. The van der Waals surface area contributed by atoms with Crippen molar-refractivity contribution in [1.29, 1.82) is 0 Å². The van der Waals surface area contributed by atoms with Crippen LogP contribution in [-0.2, 0) is 9.53 Å². The Morgan fingerprint density at radius 3 is 2.32 bits per heavy atom. The number of nitrogens with one attached hydrogen (secondary N) is 1. The maximum atomic E-state index is 12.5. The largest absolute Gasteiger partial charge is 0.453 e. The Labute approximate surface area is 115 Å². The van der Waals surface area contributed by atoms with Crippen LogP contribution in [0.15, 0.2) is 0 Å². The summed E-state index contributed by atoms with van der Waals surface area (Å²) < 4.78 is 4.58. The summed E-state index contributed by atoms with van der Waals surface area (Å²) in [5, 5.41) is 2.64. The highest BCUT2D eigenvalue weighted by molar-refractivity contribution is 5.86. The third-order valence-electron chi connectivity index (χ3n) is 3.56. The molecule has 0 spiro atoms. The summed E-state index contributed by atoms with van der Waals surface area (Å²) in [6, 6.07) is -0.171. The molecule has 0 aromatic heterocycles. The highest BCUT2D eigenvalue weighted by atomic mass is 16.5. The molecule has 0 aromatic rings. The lowest BCUT2D eigenvalue weighted by Gasteiger charge is -2.44. The summed E-state index contributed by atoms with van der Waals surface area (Å²) in [5.41, 5.74) is 0. The van der Waals surface area contributed by atoms with Gasteiger partial charge < -0.3 is 15.0 Å². The maximum Gasteiger partial charge on any atom is 0.407 e. The monoisotopic (exact) mass is 270 g/mol. The molecule has 5 nitrogen and oxygen atoms in total. The first kappa shape index (κ1) is 15.8. The van der Waals surface area contributed by atoms with Gasteiger partial charge in [0.25, 0.3) is 0 Å². The van der Waals surface area contributed by atoms with Gasteiger partial charge in [-0.3, -0.25) is 4.79 Å². The van der Waals surface area contributed by atoms with Crippen LogP contribution in [0, 0.1) is 11.8 Å². The van der Waals surface area contributed by atoms with Crippen LogP contribution in [-0.4, -0.2) is 42.6 Å². The normalized spacial score (nSPS) is 20.2. The zero-order valence-electron chi connectivity index (χ0n) is 12.6. The lowest BCUT2D eigenvalue weighted by Crippen LogP contribution is -2.59. The average molecular weight is 270 g/mol. The van der Waals surface area contributed by atoms with Crippen LogP contribution >= 0.6 is 0 Å². The number of amides is 2. The van der Waals surface area contributed by atoms with Gasteiger partial charge in [-0.15, -0.1) is 0 Å². The Hall–Kier alpha value is -1.26. The van der Waals surface area contributed by atoms with E-state index in [1.807, 2.05) is 18.7 Å². The van der Waals surface area contributed by atoms with Gasteiger partial charge in [0, 0.05) is 12.6 Å². The predicted molar refractivity (Wildman–Crippen MR) is 73.7 cm³/mol. The van der Waals surface area contributed by atoms with Gasteiger partial charge >= 0.3 is 6.09 Å². The van der Waals surface area contributed by atoms with Gasteiger partial charge in [-0.25, -0.2) is 4.79 Å². The first-order valence-corrected chi connectivity index (χ1v) is 7.01. The second-order valence-electron chi connectivity index (χ2n) is 5.96. The van der Waals surface area contributed by atoms with Crippen molar-refractivity contribution in [2.24, 2.45) is 11.8 Å². The minimum absolute atomic E-state index is 0.0114. The van der Waals surface area contributed by atoms with Crippen LogP contribution < -0.4 is 5.32 Å². The van der Waals surface area contributed by atoms with Crippen molar-refractivity contribution < 1.29 is 14.3 Å². The first-order chi connectivity index (χ1) is 8.86. The number of carbonyl (C=O) groups is 2. The second kappa shape index (κ2) is 6.78. The Morgan fingerprint density at radius 2 is 1.95 bits per heavy atom. The van der Waals surface area contributed by atoms with Crippen LogP contribution in [0.25, 0.3) is 0 Å². The van der Waals surface area contributed by atoms with Crippen LogP contribution in [0.5, 0.6) is 0 Å². The molecule has 1 aliphatic rings. The first-order valence-electron chi connectivity index (χ1n) is 7.01. The molecule has 0 unspecified atom stereocenters. The second-order valence-corrected chi connectivity index (χ2v) is 5.96. The molecule has 0 radical (unpaired) electrons. The van der Waals surface area contributed by atoms with Gasteiger partial charge in [-0.05, 0) is 24.7 Å². The summed E-state index contributed by atoms with van der Waals surface area (Å²) in [7, 11) is 1.31. The fraction of sp³-hybridized carbons (Fsp3) is 0.857. The van der Waals surface area contributed by atoms with E-state index < -0.39 is 12.1 Å². The molecule has 1 aliphatic heterocycles. The van der Waals surface area contributed by atoms with E-state index in [0.29, 0.717) is 12.0 Å². The molecule has 110 valence electrons. The van der Waals surface area contributed by atoms with Crippen molar-refractivity contribution in [3.63, 3.8) is 0 Å². The number of carbonyl (C=O) groups excluding carboxylic acids is 2. The van der Waals surface area contributed by atoms with E-state index in [2.05, 4.69) is 23.9 Å². The maximum absolute atomic E-state index is 12.5. The summed E-state index contributed by atoms with van der Waals surface area (Å²) in [6.45, 7) is 8.97. The predicted octanol–water partition coefficient (Wildman–Crippen LogP) is 2.01. The van der Waals surface area contributed by atoms with Gasteiger partial charge in [0.05, 0.1) is 7.11 Å². The molecule has 0 aromatic carbocycles. The zero-order chi connectivity index (χ0) is 14.6. The summed E-state index contributed by atoms with van der Waals surface area (Å²) >= 11 is 0. The van der Waals surface area contributed by atoms with E-state index in [4.69, 9.17) is 0 Å². The molecular formula is C14H26N2O3. The average Bonchev–Trinajstić information content (AvgIpc) is 2.30. The van der Waals surface area contributed by atoms with Crippen molar-refractivity contribution in [3.05, 3.63) is 0 Å². The lowest BCUT2D eigenvalue weighted by atomic mass is 9.91. The molecule has 19 heavy (non-hydrogen) atoms. The number of nitrogens with zero attached hydrogens (tertiary/aromatic N) is 1. The molecule has 1 saturated heterocycles. The van der Waals surface area contributed by atoms with Gasteiger partial charge in [0.2, 0.25) is 5.91 Å². The van der Waals surface area contributed by atoms with Crippen molar-refractivity contribution >= 4 is 12.0 Å². The Kier molecular flexibility index (Phi) is 5.63. The molecule has 1 fully saturated rings. The summed E-state index contributed by atoms with van der Waals surface area (Å²) in [4.78, 5) is 25.7. The Balaban J connectivity index is 2.64. The number of alkyl carbamates (subject to hydrolysis) is 1. The standard InChI is InChI=1S/C14H26N2O3/c1-9(2)8-11-6-7-16(11)13(17)12(10(3)4)15-14(18)19-5/h9-12H,6-8H2,1-5H3,(H,15,18)/t11-,12+/m1/s1. The number of hydrogen-bond donors (Lipinski definition) is 1. The van der Waals surface area contributed by atoms with Crippen molar-refractivity contribution in [2.75, 3.05) is 13.7 Å². The summed E-state index contributed by atoms with van der Waals surface area (Å²) in [6.07, 6.45) is 1.54. The highest BCUT2D eigenvalue weighted by Crippen LogP contribution is 2.25. The van der Waals surface area contributed by atoms with E-state index in [9.17, 15) is 9.59 Å². The SMILES string of the molecule is COC(=O)N[C@H](C(=O)N1CC[C@@H]1CC(C)C)C(C)C. The van der Waals surface area contributed by atoms with Crippen molar-refractivity contribution in [3.8, 4) is 0 Å². The smallest absolute Gasteiger partial charge is 0.407 e. The van der Waals surface area contributed by atoms with E-state index in [-0.39, 0.29) is 11.8 Å². The number of likely N-dealkylation sites (tertiary alicyclic amines) is 1. The lowest BCUT2D eigenvalue weighted by molar-refractivity contribution is -0.142. The molecule has 0 aliphatic carbocycles. The topological polar surface area (TPSA) is 58.6 Å². The van der Waals surface area contributed by atoms with E-state index in [1.165, 1.54) is 7.11 Å². The number of ether oxygens (including phenoxy) is 1. The fourth-order valence-corrected chi connectivity index (χ4v) is 2.40. The van der Waals surface area contributed by atoms with Crippen LogP contribution in [0.3, 0.4) is 0 Å². The Morgan fingerprint density at radius 1 is 1.32 bits per heavy atom. The van der Waals surface area contributed by atoms with Gasteiger partial charge in [-0.2, -0.15) is 0 Å². The van der Waals surface area contributed by atoms with Crippen LogP contribution in [0.2, 0.25) is 0 Å². The van der Waals surface area contributed by atoms with Gasteiger partial charge in [0.15, 0.2) is 0 Å². The van der Waals surface area contributed by atoms with E-state index in [1.54, 1.807) is 0 Å². The van der Waals surface area contributed by atoms with E-state index >= 15 is 0 Å². The number of hydrogen-bond acceptors (Lipinski definition) is 3. The summed E-state index contributed by atoms with van der Waals surface area (Å²) in [5.74, 6) is 0.635. The minimum atomic E-state index is -0.548. The highest BCUT2D eigenvalue weighted by Gasteiger charge is 2.37. The van der Waals surface area contributed by atoms with Gasteiger partial charge in [-0.1, -0.05) is 27.7 Å². The minimum Gasteiger partial charge on any atom is -0.453 e. The number of methoxy groups -OCH3 is 1. The zero-order valence-corrected chi connectivity index (χ0v) is 12.6. The van der Waals surface area contributed by atoms with Gasteiger partial charge in [0.1, 0.15) is 6.04 Å². The molecule has 0 bridgehead atoms. The van der Waals surface area contributed by atoms with Crippen LogP contribution in [0.1, 0.15) is 40.5 Å².